The molecule has 1 heterocycles. The summed E-state index contributed by atoms with van der Waals surface area (Å²) in [5, 5.41) is 8.69. The Morgan fingerprint density at radius 2 is 1.76 bits per heavy atom. The van der Waals surface area contributed by atoms with Crippen molar-refractivity contribution in [1.29, 1.82) is 0 Å². The highest BCUT2D eigenvalue weighted by Gasteiger charge is 2.26. The second-order valence-corrected chi connectivity index (χ2v) is 4.61. The van der Waals surface area contributed by atoms with Crippen molar-refractivity contribution in [3.63, 3.8) is 0 Å². The molecule has 1 aliphatic rings. The van der Waals surface area contributed by atoms with Crippen LogP contribution in [0.5, 0.6) is 0 Å². The molecule has 0 aromatic carbocycles. The summed E-state index contributed by atoms with van der Waals surface area (Å²) in [6.07, 6.45) is 0. The normalized spacial score (nSPS) is 19.9. The highest BCUT2D eigenvalue weighted by Crippen LogP contribution is 2.07. The van der Waals surface area contributed by atoms with Crippen LogP contribution >= 0.6 is 0 Å². The highest BCUT2D eigenvalue weighted by atomic mass is 16.4. The summed E-state index contributed by atoms with van der Waals surface area (Å²) < 4.78 is 0. The number of hydrogen-bond donors (Lipinski definition) is 1. The lowest BCUT2D eigenvalue weighted by Gasteiger charge is -2.37. The highest BCUT2D eigenvalue weighted by molar-refractivity contribution is 5.80. The van der Waals surface area contributed by atoms with Gasteiger partial charge in [-0.25, -0.2) is 0 Å². The van der Waals surface area contributed by atoms with Gasteiger partial charge in [0.25, 0.3) is 0 Å². The third-order valence-electron chi connectivity index (χ3n) is 3.11. The van der Waals surface area contributed by atoms with Crippen molar-refractivity contribution in [3.05, 3.63) is 0 Å². The molecule has 0 spiro atoms. The van der Waals surface area contributed by atoms with Gasteiger partial charge < -0.3 is 10.0 Å². The molecule has 1 N–H and O–H groups in total. The van der Waals surface area contributed by atoms with Crippen LogP contribution in [-0.2, 0) is 9.59 Å². The Hall–Kier alpha value is -1.14. The lowest BCUT2D eigenvalue weighted by Crippen LogP contribution is -2.54. The van der Waals surface area contributed by atoms with E-state index in [0.29, 0.717) is 13.1 Å². The average molecular weight is 243 g/mol. The van der Waals surface area contributed by atoms with E-state index in [2.05, 4.69) is 4.90 Å². The van der Waals surface area contributed by atoms with Gasteiger partial charge in [-0.1, -0.05) is 0 Å². The van der Waals surface area contributed by atoms with Crippen LogP contribution in [0.2, 0.25) is 0 Å². The van der Waals surface area contributed by atoms with Crippen molar-refractivity contribution in [2.75, 3.05) is 46.8 Å². The standard InChI is InChI=1S/C11H21N3O3/c1-9(11(17)12(2)3)14-6-4-13(5-7-14)8-10(15)16/h9H,4-8H2,1-3H3,(H,15,16). The van der Waals surface area contributed by atoms with Gasteiger partial charge in [0.2, 0.25) is 5.91 Å². The molecule has 0 bridgehead atoms. The number of hydrogen-bond acceptors (Lipinski definition) is 4. The molecule has 6 heteroatoms. The van der Waals surface area contributed by atoms with Gasteiger partial charge in [-0.3, -0.25) is 19.4 Å². The molecule has 0 saturated carbocycles. The Labute approximate surface area is 102 Å². The molecular formula is C11H21N3O3. The fraction of sp³-hybridized carbons (Fsp3) is 0.818. The third-order valence-corrected chi connectivity index (χ3v) is 3.11. The van der Waals surface area contributed by atoms with Gasteiger partial charge in [-0.2, -0.15) is 0 Å². The monoisotopic (exact) mass is 243 g/mol. The molecule has 1 amide bonds. The van der Waals surface area contributed by atoms with E-state index in [0.717, 1.165) is 13.1 Å². The average Bonchev–Trinajstić information content (AvgIpc) is 2.27. The van der Waals surface area contributed by atoms with E-state index in [1.807, 2.05) is 11.8 Å². The second kappa shape index (κ2) is 5.97. The van der Waals surface area contributed by atoms with Crippen LogP contribution in [0.3, 0.4) is 0 Å². The first-order valence-corrected chi connectivity index (χ1v) is 5.81. The number of carboxylic acids is 1. The van der Waals surface area contributed by atoms with Crippen LogP contribution in [0.15, 0.2) is 0 Å². The number of carbonyl (C=O) groups excluding carboxylic acids is 1. The van der Waals surface area contributed by atoms with Gasteiger partial charge in [-0.15, -0.1) is 0 Å². The third kappa shape index (κ3) is 3.98. The van der Waals surface area contributed by atoms with Crippen LogP contribution in [0.25, 0.3) is 0 Å². The molecule has 0 aromatic heterocycles. The Bertz CT molecular complexity index is 286. The maximum Gasteiger partial charge on any atom is 0.317 e. The lowest BCUT2D eigenvalue weighted by atomic mass is 10.2. The molecule has 0 aromatic rings. The molecular weight excluding hydrogens is 222 g/mol. The number of rotatable bonds is 4. The predicted octanol–water partition coefficient (Wildman–Crippen LogP) is -0.835. The van der Waals surface area contributed by atoms with Gasteiger partial charge in [0, 0.05) is 40.3 Å². The van der Waals surface area contributed by atoms with E-state index in [-0.39, 0.29) is 18.5 Å². The van der Waals surface area contributed by atoms with Crippen LogP contribution in [-0.4, -0.2) is 84.5 Å². The minimum Gasteiger partial charge on any atom is -0.480 e. The number of carbonyl (C=O) groups is 2. The summed E-state index contributed by atoms with van der Waals surface area (Å²) in [4.78, 5) is 27.9. The van der Waals surface area contributed by atoms with E-state index in [9.17, 15) is 9.59 Å². The number of aliphatic carboxylic acids is 1. The zero-order valence-electron chi connectivity index (χ0n) is 10.7. The van der Waals surface area contributed by atoms with E-state index in [4.69, 9.17) is 5.11 Å². The number of amides is 1. The molecule has 6 nitrogen and oxygen atoms in total. The van der Waals surface area contributed by atoms with Gasteiger partial charge in [0.1, 0.15) is 0 Å². The minimum atomic E-state index is -0.795. The summed E-state index contributed by atoms with van der Waals surface area (Å²) >= 11 is 0. The van der Waals surface area contributed by atoms with Gasteiger partial charge in [0.15, 0.2) is 0 Å². The summed E-state index contributed by atoms with van der Waals surface area (Å²) in [6.45, 7) is 4.88. The first-order chi connectivity index (χ1) is 7.91. The van der Waals surface area contributed by atoms with Crippen molar-refractivity contribution in [2.24, 2.45) is 0 Å². The molecule has 17 heavy (non-hydrogen) atoms. The van der Waals surface area contributed by atoms with Crippen molar-refractivity contribution in [2.45, 2.75) is 13.0 Å². The molecule has 1 rings (SSSR count). The fourth-order valence-corrected chi connectivity index (χ4v) is 2.03. The fourth-order valence-electron chi connectivity index (χ4n) is 2.03. The molecule has 1 unspecified atom stereocenters. The second-order valence-electron chi connectivity index (χ2n) is 4.61. The SMILES string of the molecule is CC(C(=O)N(C)C)N1CCN(CC(=O)O)CC1. The van der Waals surface area contributed by atoms with Crippen LogP contribution in [0.1, 0.15) is 6.92 Å². The Balaban J connectivity index is 2.41. The Morgan fingerprint density at radius 1 is 1.24 bits per heavy atom. The Kier molecular flexibility index (Phi) is 4.89. The first kappa shape index (κ1) is 13.9. The molecule has 1 atom stereocenters. The van der Waals surface area contributed by atoms with Crippen LogP contribution in [0.4, 0.5) is 0 Å². The van der Waals surface area contributed by atoms with E-state index in [1.165, 1.54) is 0 Å². The number of likely N-dealkylation sites (N-methyl/N-ethyl adjacent to an activating group) is 1. The smallest absolute Gasteiger partial charge is 0.317 e. The first-order valence-electron chi connectivity index (χ1n) is 5.81. The predicted molar refractivity (Wildman–Crippen MR) is 63.8 cm³/mol. The van der Waals surface area contributed by atoms with Crippen molar-refractivity contribution >= 4 is 11.9 Å². The number of carboxylic acid groups (broad SMARTS) is 1. The molecule has 0 aliphatic carbocycles. The van der Waals surface area contributed by atoms with Gasteiger partial charge in [-0.05, 0) is 6.92 Å². The largest absolute Gasteiger partial charge is 0.480 e. The van der Waals surface area contributed by atoms with E-state index >= 15 is 0 Å². The molecule has 1 fully saturated rings. The van der Waals surface area contributed by atoms with E-state index in [1.54, 1.807) is 19.0 Å². The zero-order valence-corrected chi connectivity index (χ0v) is 10.7. The van der Waals surface area contributed by atoms with Crippen molar-refractivity contribution < 1.29 is 14.7 Å². The van der Waals surface area contributed by atoms with Crippen LogP contribution < -0.4 is 0 Å². The lowest BCUT2D eigenvalue weighted by molar-refractivity contribution is -0.140. The zero-order chi connectivity index (χ0) is 13.0. The summed E-state index contributed by atoms with van der Waals surface area (Å²) in [5.41, 5.74) is 0. The van der Waals surface area contributed by atoms with Crippen molar-refractivity contribution in [3.8, 4) is 0 Å². The number of nitrogens with zero attached hydrogens (tertiary/aromatic N) is 3. The number of piperazine rings is 1. The van der Waals surface area contributed by atoms with Crippen molar-refractivity contribution in [1.82, 2.24) is 14.7 Å². The summed E-state index contributed by atoms with van der Waals surface area (Å²) in [7, 11) is 3.50. The summed E-state index contributed by atoms with van der Waals surface area (Å²) in [6, 6.07) is -0.128. The Morgan fingerprint density at radius 3 is 2.18 bits per heavy atom. The quantitative estimate of drug-likeness (QED) is 0.698. The summed E-state index contributed by atoms with van der Waals surface area (Å²) in [5.74, 6) is -0.701. The molecule has 1 saturated heterocycles. The molecule has 0 radical (unpaired) electrons. The topological polar surface area (TPSA) is 64.1 Å². The molecule has 1 aliphatic heterocycles. The van der Waals surface area contributed by atoms with Gasteiger partial charge in [0.05, 0.1) is 12.6 Å². The minimum absolute atomic E-state index is 0.0872. The maximum absolute atomic E-state index is 11.8. The van der Waals surface area contributed by atoms with Crippen LogP contribution in [0, 0.1) is 0 Å². The maximum atomic E-state index is 11.8. The van der Waals surface area contributed by atoms with E-state index < -0.39 is 5.97 Å². The molecule has 98 valence electrons. The van der Waals surface area contributed by atoms with Gasteiger partial charge >= 0.3 is 5.97 Å².